The molecule has 1 saturated carbocycles. The summed E-state index contributed by atoms with van der Waals surface area (Å²) in [7, 11) is 0. The first kappa shape index (κ1) is 12.7. The molecule has 2 rings (SSSR count). The number of anilines is 1. The van der Waals surface area contributed by atoms with Gasteiger partial charge in [0.05, 0.1) is 0 Å². The highest BCUT2D eigenvalue weighted by molar-refractivity contribution is 6.18. The van der Waals surface area contributed by atoms with Crippen LogP contribution in [0.3, 0.4) is 0 Å². The van der Waals surface area contributed by atoms with Crippen molar-refractivity contribution in [1.29, 1.82) is 0 Å². The number of pyridine rings is 1. The van der Waals surface area contributed by atoms with Crippen LogP contribution in [0.4, 0.5) is 5.69 Å². The van der Waals surface area contributed by atoms with E-state index in [2.05, 4.69) is 16.4 Å². The summed E-state index contributed by atoms with van der Waals surface area (Å²) in [6.45, 7) is 3.00. The standard InChI is InChI=1S/C14H21ClN2/c1-12-9-13(5-8-16-12)17-11-14(10-15)6-3-2-4-7-14/h5,8-9H,2-4,6-7,10-11H2,1H3,(H,16,17). The van der Waals surface area contributed by atoms with Crippen molar-refractivity contribution in [2.75, 3.05) is 17.7 Å². The first-order valence-corrected chi connectivity index (χ1v) is 7.00. The van der Waals surface area contributed by atoms with Crippen molar-refractivity contribution in [2.45, 2.75) is 39.0 Å². The third-order valence-electron chi connectivity index (χ3n) is 3.76. The lowest BCUT2D eigenvalue weighted by Crippen LogP contribution is -2.33. The van der Waals surface area contributed by atoms with E-state index in [1.165, 1.54) is 32.1 Å². The van der Waals surface area contributed by atoms with Gasteiger partial charge in [0.25, 0.3) is 0 Å². The number of halogens is 1. The lowest BCUT2D eigenvalue weighted by molar-refractivity contribution is 0.238. The SMILES string of the molecule is Cc1cc(NCC2(CCl)CCCCC2)ccn1. The van der Waals surface area contributed by atoms with Gasteiger partial charge in [-0.15, -0.1) is 11.6 Å². The molecule has 1 aromatic heterocycles. The van der Waals surface area contributed by atoms with Crippen LogP contribution in [-0.4, -0.2) is 17.4 Å². The molecule has 0 radical (unpaired) electrons. The Morgan fingerprint density at radius 3 is 2.76 bits per heavy atom. The molecule has 0 unspecified atom stereocenters. The number of alkyl halides is 1. The largest absolute Gasteiger partial charge is 0.384 e. The van der Waals surface area contributed by atoms with Gasteiger partial charge in [-0.1, -0.05) is 19.3 Å². The Labute approximate surface area is 109 Å². The molecule has 17 heavy (non-hydrogen) atoms. The molecule has 1 heterocycles. The lowest BCUT2D eigenvalue weighted by atomic mass is 9.75. The molecule has 0 amide bonds. The Hall–Kier alpha value is -0.760. The number of aryl methyl sites for hydroxylation is 1. The first-order chi connectivity index (χ1) is 8.24. The number of hydrogen-bond donors (Lipinski definition) is 1. The second kappa shape index (κ2) is 5.72. The molecule has 0 aliphatic heterocycles. The fourth-order valence-corrected chi connectivity index (χ4v) is 2.97. The van der Waals surface area contributed by atoms with Gasteiger partial charge < -0.3 is 5.32 Å². The Bertz CT molecular complexity index is 359. The second-order valence-corrected chi connectivity index (χ2v) is 5.50. The maximum absolute atomic E-state index is 6.18. The van der Waals surface area contributed by atoms with Crippen molar-refractivity contribution < 1.29 is 0 Å². The van der Waals surface area contributed by atoms with E-state index < -0.39 is 0 Å². The normalized spacial score (nSPS) is 18.9. The summed E-state index contributed by atoms with van der Waals surface area (Å²) >= 11 is 6.18. The van der Waals surface area contributed by atoms with Gasteiger partial charge in [-0.2, -0.15) is 0 Å². The Morgan fingerprint density at radius 2 is 2.12 bits per heavy atom. The molecule has 2 nitrogen and oxygen atoms in total. The van der Waals surface area contributed by atoms with E-state index in [9.17, 15) is 0 Å². The molecule has 94 valence electrons. The van der Waals surface area contributed by atoms with Crippen LogP contribution >= 0.6 is 11.6 Å². The van der Waals surface area contributed by atoms with Gasteiger partial charge in [-0.05, 0) is 31.9 Å². The third-order valence-corrected chi connectivity index (χ3v) is 4.33. The molecular weight excluding hydrogens is 232 g/mol. The molecule has 1 aromatic rings. The van der Waals surface area contributed by atoms with E-state index in [1.54, 1.807) is 0 Å². The van der Waals surface area contributed by atoms with Crippen LogP contribution in [-0.2, 0) is 0 Å². The van der Waals surface area contributed by atoms with Gasteiger partial charge in [-0.25, -0.2) is 0 Å². The van der Waals surface area contributed by atoms with E-state index in [4.69, 9.17) is 11.6 Å². The van der Waals surface area contributed by atoms with E-state index >= 15 is 0 Å². The second-order valence-electron chi connectivity index (χ2n) is 5.23. The van der Waals surface area contributed by atoms with Gasteiger partial charge in [-0.3, -0.25) is 4.98 Å². The fraction of sp³-hybridized carbons (Fsp3) is 0.643. The van der Waals surface area contributed by atoms with Gasteiger partial charge in [0, 0.05) is 35.4 Å². The third kappa shape index (κ3) is 3.35. The van der Waals surface area contributed by atoms with Crippen LogP contribution in [0.2, 0.25) is 0 Å². The minimum Gasteiger partial charge on any atom is -0.384 e. The molecule has 0 aromatic carbocycles. The molecular formula is C14H21ClN2. The van der Waals surface area contributed by atoms with Crippen LogP contribution in [0.15, 0.2) is 18.3 Å². The highest BCUT2D eigenvalue weighted by atomic mass is 35.5. The van der Waals surface area contributed by atoms with Crippen LogP contribution in [0, 0.1) is 12.3 Å². The molecule has 1 N–H and O–H groups in total. The van der Waals surface area contributed by atoms with E-state index in [1.807, 2.05) is 19.2 Å². The Balaban J connectivity index is 1.95. The van der Waals surface area contributed by atoms with Gasteiger partial charge in [0.1, 0.15) is 0 Å². The molecule has 0 atom stereocenters. The highest BCUT2D eigenvalue weighted by Gasteiger charge is 2.30. The predicted octanol–water partition coefficient (Wildman–Crippen LogP) is 3.99. The first-order valence-electron chi connectivity index (χ1n) is 6.47. The van der Waals surface area contributed by atoms with Crippen molar-refractivity contribution in [3.8, 4) is 0 Å². The summed E-state index contributed by atoms with van der Waals surface area (Å²) < 4.78 is 0. The van der Waals surface area contributed by atoms with Crippen LogP contribution < -0.4 is 5.32 Å². The van der Waals surface area contributed by atoms with Crippen molar-refractivity contribution in [2.24, 2.45) is 5.41 Å². The quantitative estimate of drug-likeness (QED) is 0.820. The van der Waals surface area contributed by atoms with E-state index in [-0.39, 0.29) is 0 Å². The number of hydrogen-bond acceptors (Lipinski definition) is 2. The van der Waals surface area contributed by atoms with Gasteiger partial charge in [0.15, 0.2) is 0 Å². The van der Waals surface area contributed by atoms with E-state index in [0.29, 0.717) is 5.41 Å². The summed E-state index contributed by atoms with van der Waals surface area (Å²) in [5, 5.41) is 3.52. The zero-order chi connectivity index (χ0) is 12.1. The molecule has 1 fully saturated rings. The smallest absolute Gasteiger partial charge is 0.0393 e. The van der Waals surface area contributed by atoms with Crippen molar-refractivity contribution in [3.63, 3.8) is 0 Å². The summed E-state index contributed by atoms with van der Waals surface area (Å²) in [5.74, 6) is 0.768. The topological polar surface area (TPSA) is 24.9 Å². The van der Waals surface area contributed by atoms with Gasteiger partial charge >= 0.3 is 0 Å². The zero-order valence-electron chi connectivity index (χ0n) is 10.5. The average Bonchev–Trinajstić information content (AvgIpc) is 2.38. The zero-order valence-corrected chi connectivity index (χ0v) is 11.3. The van der Waals surface area contributed by atoms with Crippen molar-refractivity contribution in [1.82, 2.24) is 4.98 Å². The monoisotopic (exact) mass is 252 g/mol. The fourth-order valence-electron chi connectivity index (χ4n) is 2.60. The molecule has 3 heteroatoms. The van der Waals surface area contributed by atoms with Crippen LogP contribution in [0.5, 0.6) is 0 Å². The summed E-state index contributed by atoms with van der Waals surface area (Å²) in [5.41, 5.74) is 2.52. The molecule has 0 saturated heterocycles. The molecule has 0 spiro atoms. The van der Waals surface area contributed by atoms with E-state index in [0.717, 1.165) is 23.8 Å². The maximum atomic E-state index is 6.18. The van der Waals surface area contributed by atoms with Crippen molar-refractivity contribution >= 4 is 17.3 Å². The minimum atomic E-state index is 0.303. The summed E-state index contributed by atoms with van der Waals surface area (Å²) in [6.07, 6.45) is 8.38. The number of nitrogens with zero attached hydrogens (tertiary/aromatic N) is 1. The van der Waals surface area contributed by atoms with Crippen LogP contribution in [0.1, 0.15) is 37.8 Å². The Morgan fingerprint density at radius 1 is 1.35 bits per heavy atom. The highest BCUT2D eigenvalue weighted by Crippen LogP contribution is 2.37. The van der Waals surface area contributed by atoms with Gasteiger partial charge in [0.2, 0.25) is 0 Å². The maximum Gasteiger partial charge on any atom is 0.0393 e. The number of aromatic nitrogens is 1. The lowest BCUT2D eigenvalue weighted by Gasteiger charge is -2.36. The molecule has 1 aliphatic carbocycles. The van der Waals surface area contributed by atoms with Crippen molar-refractivity contribution in [3.05, 3.63) is 24.0 Å². The Kier molecular flexibility index (Phi) is 4.27. The van der Waals surface area contributed by atoms with Crippen LogP contribution in [0.25, 0.3) is 0 Å². The average molecular weight is 253 g/mol. The summed E-state index contributed by atoms with van der Waals surface area (Å²) in [4.78, 5) is 4.21. The molecule has 1 aliphatic rings. The number of rotatable bonds is 4. The molecule has 0 bridgehead atoms. The number of nitrogens with one attached hydrogen (secondary N) is 1. The minimum absolute atomic E-state index is 0.303. The summed E-state index contributed by atoms with van der Waals surface area (Å²) in [6, 6.07) is 4.11. The predicted molar refractivity (Wildman–Crippen MR) is 73.7 cm³/mol.